The quantitative estimate of drug-likeness (QED) is 0.406. The van der Waals surface area contributed by atoms with Crippen molar-refractivity contribution in [2.75, 3.05) is 0 Å². The van der Waals surface area contributed by atoms with Gasteiger partial charge in [-0.3, -0.25) is 4.79 Å². The smallest absolute Gasteiger partial charge is 0.253 e. The minimum absolute atomic E-state index is 0.0857. The lowest BCUT2D eigenvalue weighted by Crippen LogP contribution is -2.23. The largest absolute Gasteiger partial charge is 0.348 e. The fourth-order valence-corrected chi connectivity index (χ4v) is 3.70. The predicted molar refractivity (Wildman–Crippen MR) is 123 cm³/mol. The number of amides is 1. The molecule has 1 N–H and O–H groups in total. The lowest BCUT2D eigenvalue weighted by atomic mass is 10.1. The van der Waals surface area contributed by atoms with Gasteiger partial charge in [0.15, 0.2) is 0 Å². The maximum Gasteiger partial charge on any atom is 0.253 e. The number of nitrogens with one attached hydrogen (secondary N) is 1. The number of carbonyl (C=O) groups excluding carboxylic acids is 1. The summed E-state index contributed by atoms with van der Waals surface area (Å²) < 4.78 is 2.13. The zero-order valence-corrected chi connectivity index (χ0v) is 17.8. The Morgan fingerprint density at radius 3 is 2.23 bits per heavy atom. The van der Waals surface area contributed by atoms with Gasteiger partial charge in [-0.2, -0.15) is 0 Å². The Labute approximate surface area is 181 Å². The highest BCUT2D eigenvalue weighted by molar-refractivity contribution is 6.30. The van der Waals surface area contributed by atoms with Gasteiger partial charge in [-0.15, -0.1) is 0 Å². The standard InChI is InChI=1S/C26H23ClN2O/c1-18-8-14-23(15-9-18)29-19(2)24(16-25(29)21-10-12-22(27)13-11-21)26(30)28-17-20-6-4-3-5-7-20/h3-16H,17H2,1-2H3,(H,28,30). The van der Waals surface area contributed by atoms with Gasteiger partial charge < -0.3 is 9.88 Å². The molecule has 0 fully saturated rings. The van der Waals surface area contributed by atoms with E-state index in [-0.39, 0.29) is 5.91 Å². The number of aromatic nitrogens is 1. The molecule has 0 unspecified atom stereocenters. The zero-order valence-electron chi connectivity index (χ0n) is 17.0. The molecule has 0 bridgehead atoms. The van der Waals surface area contributed by atoms with Crippen molar-refractivity contribution in [3.63, 3.8) is 0 Å². The molecule has 3 nitrogen and oxygen atoms in total. The third-order valence-electron chi connectivity index (χ3n) is 5.22. The highest BCUT2D eigenvalue weighted by atomic mass is 35.5. The number of hydrogen-bond acceptors (Lipinski definition) is 1. The summed E-state index contributed by atoms with van der Waals surface area (Å²) in [4.78, 5) is 13.0. The van der Waals surface area contributed by atoms with Crippen molar-refractivity contribution in [2.24, 2.45) is 0 Å². The van der Waals surface area contributed by atoms with Gasteiger partial charge in [0.2, 0.25) is 0 Å². The molecule has 4 rings (SSSR count). The summed E-state index contributed by atoms with van der Waals surface area (Å²) in [7, 11) is 0. The molecule has 1 aromatic heterocycles. The predicted octanol–water partition coefficient (Wildman–Crippen LogP) is 6.34. The highest BCUT2D eigenvalue weighted by Crippen LogP contribution is 2.30. The van der Waals surface area contributed by atoms with Crippen molar-refractivity contribution in [3.05, 3.63) is 112 Å². The zero-order chi connectivity index (χ0) is 21.1. The first-order valence-corrected chi connectivity index (χ1v) is 10.3. The summed E-state index contributed by atoms with van der Waals surface area (Å²) in [5.41, 5.74) is 6.80. The molecule has 3 aromatic carbocycles. The van der Waals surface area contributed by atoms with E-state index in [2.05, 4.69) is 41.1 Å². The van der Waals surface area contributed by atoms with E-state index in [9.17, 15) is 4.79 Å². The molecule has 1 heterocycles. The average Bonchev–Trinajstić information content (AvgIpc) is 3.11. The van der Waals surface area contributed by atoms with E-state index in [1.54, 1.807) is 0 Å². The molecule has 0 radical (unpaired) electrons. The van der Waals surface area contributed by atoms with Gasteiger partial charge >= 0.3 is 0 Å². The minimum atomic E-state index is -0.0857. The van der Waals surface area contributed by atoms with Crippen LogP contribution in [0.3, 0.4) is 0 Å². The van der Waals surface area contributed by atoms with Crippen LogP contribution in [-0.4, -0.2) is 10.5 Å². The van der Waals surface area contributed by atoms with E-state index in [4.69, 9.17) is 11.6 Å². The second-order valence-corrected chi connectivity index (χ2v) is 7.81. The molecule has 0 atom stereocenters. The van der Waals surface area contributed by atoms with Crippen molar-refractivity contribution in [1.29, 1.82) is 0 Å². The Balaban J connectivity index is 1.74. The van der Waals surface area contributed by atoms with Crippen LogP contribution in [0.5, 0.6) is 0 Å². The highest BCUT2D eigenvalue weighted by Gasteiger charge is 2.19. The molecule has 0 saturated carbocycles. The van der Waals surface area contributed by atoms with Crippen molar-refractivity contribution < 1.29 is 4.79 Å². The molecule has 0 aliphatic heterocycles. The van der Waals surface area contributed by atoms with E-state index in [0.29, 0.717) is 17.1 Å². The van der Waals surface area contributed by atoms with Crippen molar-refractivity contribution in [2.45, 2.75) is 20.4 Å². The second kappa shape index (κ2) is 8.60. The number of hydrogen-bond donors (Lipinski definition) is 1. The van der Waals surface area contributed by atoms with Crippen LogP contribution in [-0.2, 0) is 6.54 Å². The van der Waals surface area contributed by atoms with E-state index < -0.39 is 0 Å². The second-order valence-electron chi connectivity index (χ2n) is 7.37. The summed E-state index contributed by atoms with van der Waals surface area (Å²) in [5, 5.41) is 3.73. The third-order valence-corrected chi connectivity index (χ3v) is 5.47. The Bertz CT molecular complexity index is 1160. The fourth-order valence-electron chi connectivity index (χ4n) is 3.57. The van der Waals surface area contributed by atoms with E-state index >= 15 is 0 Å². The van der Waals surface area contributed by atoms with Crippen LogP contribution in [0, 0.1) is 13.8 Å². The van der Waals surface area contributed by atoms with Crippen molar-refractivity contribution >= 4 is 17.5 Å². The number of rotatable bonds is 5. The van der Waals surface area contributed by atoms with Crippen LogP contribution in [0.4, 0.5) is 0 Å². The molecule has 0 aliphatic carbocycles. The molecule has 0 spiro atoms. The van der Waals surface area contributed by atoms with Crippen LogP contribution in [0.25, 0.3) is 16.9 Å². The maximum atomic E-state index is 13.0. The molecule has 150 valence electrons. The molecular formula is C26H23ClN2O. The van der Waals surface area contributed by atoms with Crippen LogP contribution >= 0.6 is 11.6 Å². The van der Waals surface area contributed by atoms with Gasteiger partial charge in [0, 0.05) is 22.9 Å². The summed E-state index contributed by atoms with van der Waals surface area (Å²) in [6, 6.07) is 27.9. The van der Waals surface area contributed by atoms with Crippen molar-refractivity contribution in [3.8, 4) is 16.9 Å². The number of benzene rings is 3. The summed E-state index contributed by atoms with van der Waals surface area (Å²) >= 11 is 6.09. The van der Waals surface area contributed by atoms with Gasteiger partial charge in [0.1, 0.15) is 0 Å². The van der Waals surface area contributed by atoms with E-state index in [1.165, 1.54) is 5.56 Å². The first-order valence-electron chi connectivity index (χ1n) is 9.90. The third kappa shape index (κ3) is 4.17. The normalized spacial score (nSPS) is 10.8. The minimum Gasteiger partial charge on any atom is -0.348 e. The first-order chi connectivity index (χ1) is 14.5. The molecule has 0 saturated heterocycles. The lowest BCUT2D eigenvalue weighted by Gasteiger charge is -2.13. The van der Waals surface area contributed by atoms with Crippen LogP contribution in [0.2, 0.25) is 5.02 Å². The topological polar surface area (TPSA) is 34.0 Å². The number of nitrogens with zero attached hydrogens (tertiary/aromatic N) is 1. The van der Waals surface area contributed by atoms with Gasteiger partial charge in [0.25, 0.3) is 5.91 Å². The van der Waals surface area contributed by atoms with Crippen LogP contribution in [0.1, 0.15) is 27.2 Å². The Hall–Kier alpha value is -3.30. The Morgan fingerprint density at radius 2 is 1.57 bits per heavy atom. The number of halogens is 1. The van der Waals surface area contributed by atoms with Gasteiger partial charge in [-0.05, 0) is 55.3 Å². The molecule has 1 amide bonds. The lowest BCUT2D eigenvalue weighted by molar-refractivity contribution is 0.0950. The van der Waals surface area contributed by atoms with Gasteiger partial charge in [-0.1, -0.05) is 71.8 Å². The fraction of sp³-hybridized carbons (Fsp3) is 0.115. The SMILES string of the molecule is Cc1ccc(-n2c(-c3ccc(Cl)cc3)cc(C(=O)NCc3ccccc3)c2C)cc1. The number of carbonyl (C=O) groups is 1. The Kier molecular flexibility index (Phi) is 5.73. The molecule has 4 heteroatoms. The van der Waals surface area contributed by atoms with Crippen molar-refractivity contribution in [1.82, 2.24) is 9.88 Å². The van der Waals surface area contributed by atoms with E-state index in [1.807, 2.05) is 67.6 Å². The number of aryl methyl sites for hydroxylation is 1. The first kappa shape index (κ1) is 20.0. The molecular weight excluding hydrogens is 392 g/mol. The summed E-state index contributed by atoms with van der Waals surface area (Å²) in [5.74, 6) is -0.0857. The molecule has 0 aliphatic rings. The summed E-state index contributed by atoms with van der Waals surface area (Å²) in [6.07, 6.45) is 0. The van der Waals surface area contributed by atoms with Gasteiger partial charge in [0.05, 0.1) is 11.3 Å². The Morgan fingerprint density at radius 1 is 0.900 bits per heavy atom. The summed E-state index contributed by atoms with van der Waals surface area (Å²) in [6.45, 7) is 4.54. The van der Waals surface area contributed by atoms with Crippen LogP contribution in [0.15, 0.2) is 84.9 Å². The van der Waals surface area contributed by atoms with Crippen LogP contribution < -0.4 is 5.32 Å². The monoisotopic (exact) mass is 414 g/mol. The van der Waals surface area contributed by atoms with E-state index in [0.717, 1.165) is 28.2 Å². The maximum absolute atomic E-state index is 13.0. The average molecular weight is 415 g/mol. The molecule has 30 heavy (non-hydrogen) atoms. The van der Waals surface area contributed by atoms with Gasteiger partial charge in [-0.25, -0.2) is 0 Å². The molecule has 4 aromatic rings.